The molecule has 0 radical (unpaired) electrons. The molecular weight excluding hydrogens is 308 g/mol. The average molecular weight is 327 g/mol. The van der Waals surface area contributed by atoms with E-state index in [-0.39, 0.29) is 5.91 Å². The second-order valence-corrected chi connectivity index (χ2v) is 5.69. The van der Waals surface area contributed by atoms with Crippen LogP contribution in [-0.2, 0) is 11.3 Å². The Kier molecular flexibility index (Phi) is 4.82. The first-order chi connectivity index (χ1) is 9.10. The number of hydrogen-bond donors (Lipinski definition) is 0. The van der Waals surface area contributed by atoms with Gasteiger partial charge in [-0.1, -0.05) is 15.9 Å². The number of halogens is 1. The van der Waals surface area contributed by atoms with E-state index in [1.165, 1.54) is 0 Å². The molecule has 1 fully saturated rings. The van der Waals surface area contributed by atoms with Gasteiger partial charge in [-0.25, -0.2) is 0 Å². The molecule has 5 heteroatoms. The van der Waals surface area contributed by atoms with Gasteiger partial charge >= 0.3 is 0 Å². The van der Waals surface area contributed by atoms with E-state index in [0.717, 1.165) is 41.8 Å². The molecular formula is C14H19BrN2O2. The minimum atomic E-state index is 0.191. The van der Waals surface area contributed by atoms with Gasteiger partial charge in [-0.3, -0.25) is 9.69 Å². The van der Waals surface area contributed by atoms with Crippen molar-refractivity contribution in [3.05, 3.63) is 28.2 Å². The fourth-order valence-corrected chi connectivity index (χ4v) is 2.59. The van der Waals surface area contributed by atoms with Crippen molar-refractivity contribution < 1.29 is 9.53 Å². The lowest BCUT2D eigenvalue weighted by Crippen LogP contribution is -2.34. The number of benzene rings is 1. The quantitative estimate of drug-likeness (QED) is 0.853. The lowest BCUT2D eigenvalue weighted by atomic mass is 10.2. The van der Waals surface area contributed by atoms with E-state index in [9.17, 15) is 4.79 Å². The van der Waals surface area contributed by atoms with Gasteiger partial charge in [-0.2, -0.15) is 0 Å². The van der Waals surface area contributed by atoms with E-state index in [0.29, 0.717) is 6.54 Å². The average Bonchev–Trinajstić information content (AvgIpc) is 2.55. The summed E-state index contributed by atoms with van der Waals surface area (Å²) >= 11 is 3.56. The van der Waals surface area contributed by atoms with Crippen molar-refractivity contribution >= 4 is 21.8 Å². The van der Waals surface area contributed by atoms with Gasteiger partial charge < -0.3 is 9.64 Å². The maximum atomic E-state index is 11.9. The number of nitrogens with zero attached hydrogens (tertiary/aromatic N) is 2. The summed E-state index contributed by atoms with van der Waals surface area (Å²) in [5, 5.41) is 0. The monoisotopic (exact) mass is 326 g/mol. The zero-order valence-electron chi connectivity index (χ0n) is 11.4. The standard InChI is InChI=1S/C14H19BrN2O2/c1-16-6-3-7-17(10-14(16)18)9-11-8-12(19-2)4-5-13(11)15/h4-5,8H,3,6-7,9-10H2,1-2H3. The van der Waals surface area contributed by atoms with Crippen molar-refractivity contribution in [2.75, 3.05) is 33.8 Å². The third-order valence-electron chi connectivity index (χ3n) is 3.40. The maximum Gasteiger partial charge on any atom is 0.236 e. The van der Waals surface area contributed by atoms with Gasteiger partial charge in [-0.15, -0.1) is 0 Å². The highest BCUT2D eigenvalue weighted by Gasteiger charge is 2.19. The second-order valence-electron chi connectivity index (χ2n) is 4.84. The van der Waals surface area contributed by atoms with E-state index >= 15 is 0 Å². The summed E-state index contributed by atoms with van der Waals surface area (Å²) in [7, 11) is 3.53. The van der Waals surface area contributed by atoms with Crippen LogP contribution in [0.5, 0.6) is 5.75 Å². The molecule has 0 spiro atoms. The Hall–Kier alpha value is -1.07. The van der Waals surface area contributed by atoms with Gasteiger partial charge in [0.1, 0.15) is 5.75 Å². The first kappa shape index (κ1) is 14.3. The van der Waals surface area contributed by atoms with E-state index < -0.39 is 0 Å². The van der Waals surface area contributed by atoms with E-state index in [1.807, 2.05) is 25.2 Å². The molecule has 2 rings (SSSR count). The zero-order chi connectivity index (χ0) is 13.8. The number of rotatable bonds is 3. The third kappa shape index (κ3) is 3.70. The van der Waals surface area contributed by atoms with Crippen LogP contribution in [0, 0.1) is 0 Å². The molecule has 0 unspecified atom stereocenters. The largest absolute Gasteiger partial charge is 0.497 e. The third-order valence-corrected chi connectivity index (χ3v) is 4.17. The molecule has 1 aromatic carbocycles. The summed E-state index contributed by atoms with van der Waals surface area (Å²) in [6.07, 6.45) is 1.02. The van der Waals surface area contributed by atoms with Crippen LogP contribution in [0.25, 0.3) is 0 Å². The molecule has 19 heavy (non-hydrogen) atoms. The smallest absolute Gasteiger partial charge is 0.236 e. The van der Waals surface area contributed by atoms with E-state index in [2.05, 4.69) is 20.8 Å². The number of ether oxygens (including phenoxy) is 1. The molecule has 0 bridgehead atoms. The lowest BCUT2D eigenvalue weighted by molar-refractivity contribution is -0.129. The molecule has 104 valence electrons. The lowest BCUT2D eigenvalue weighted by Gasteiger charge is -2.20. The van der Waals surface area contributed by atoms with Crippen molar-refractivity contribution in [1.29, 1.82) is 0 Å². The number of carbonyl (C=O) groups excluding carboxylic acids is 1. The summed E-state index contributed by atoms with van der Waals surface area (Å²) in [6, 6.07) is 5.93. The number of likely N-dealkylation sites (N-methyl/N-ethyl adjacent to an activating group) is 1. The van der Waals surface area contributed by atoms with Gasteiger partial charge in [0.2, 0.25) is 5.91 Å². The predicted octanol–water partition coefficient (Wildman–Crippen LogP) is 2.12. The molecule has 0 saturated carbocycles. The van der Waals surface area contributed by atoms with Gasteiger partial charge in [0.25, 0.3) is 0 Å². The first-order valence-electron chi connectivity index (χ1n) is 6.39. The van der Waals surface area contributed by atoms with Crippen LogP contribution in [0.1, 0.15) is 12.0 Å². The highest BCUT2D eigenvalue weighted by atomic mass is 79.9. The van der Waals surface area contributed by atoms with Crippen LogP contribution in [-0.4, -0.2) is 49.5 Å². The molecule has 0 N–H and O–H groups in total. The number of hydrogen-bond acceptors (Lipinski definition) is 3. The maximum absolute atomic E-state index is 11.9. The van der Waals surface area contributed by atoms with E-state index in [1.54, 1.807) is 12.0 Å². The zero-order valence-corrected chi connectivity index (χ0v) is 12.9. The van der Waals surface area contributed by atoms with Crippen LogP contribution in [0.15, 0.2) is 22.7 Å². The Morgan fingerprint density at radius 1 is 1.37 bits per heavy atom. The van der Waals surface area contributed by atoms with Crippen LogP contribution < -0.4 is 4.74 Å². The van der Waals surface area contributed by atoms with Crippen molar-refractivity contribution in [2.45, 2.75) is 13.0 Å². The van der Waals surface area contributed by atoms with Gasteiger partial charge in [0, 0.05) is 31.2 Å². The molecule has 1 aromatic rings. The van der Waals surface area contributed by atoms with Crippen molar-refractivity contribution in [3.63, 3.8) is 0 Å². The molecule has 0 atom stereocenters. The number of amides is 1. The summed E-state index contributed by atoms with van der Waals surface area (Å²) in [5.41, 5.74) is 1.15. The Labute approximate surface area is 122 Å². The minimum Gasteiger partial charge on any atom is -0.497 e. The molecule has 4 nitrogen and oxygen atoms in total. The van der Waals surface area contributed by atoms with Crippen LogP contribution in [0.4, 0.5) is 0 Å². The minimum absolute atomic E-state index is 0.191. The fourth-order valence-electron chi connectivity index (χ4n) is 2.22. The topological polar surface area (TPSA) is 32.8 Å². The second kappa shape index (κ2) is 6.39. The molecule has 1 aliphatic heterocycles. The fraction of sp³-hybridized carbons (Fsp3) is 0.500. The van der Waals surface area contributed by atoms with Gasteiger partial charge in [0.05, 0.1) is 13.7 Å². The SMILES string of the molecule is COc1ccc(Br)c(CN2CCCN(C)C(=O)C2)c1. The van der Waals surface area contributed by atoms with Crippen molar-refractivity contribution in [2.24, 2.45) is 0 Å². The summed E-state index contributed by atoms with van der Waals surface area (Å²) in [4.78, 5) is 15.9. The van der Waals surface area contributed by atoms with Crippen LogP contribution in [0.2, 0.25) is 0 Å². The summed E-state index contributed by atoms with van der Waals surface area (Å²) in [5.74, 6) is 1.04. The summed E-state index contributed by atoms with van der Waals surface area (Å²) in [6.45, 7) is 3.03. The normalized spacial score (nSPS) is 17.4. The molecule has 1 aliphatic rings. The number of carbonyl (C=O) groups is 1. The van der Waals surface area contributed by atoms with Crippen LogP contribution in [0.3, 0.4) is 0 Å². The molecule has 1 saturated heterocycles. The molecule has 0 aliphatic carbocycles. The number of methoxy groups -OCH3 is 1. The van der Waals surface area contributed by atoms with E-state index in [4.69, 9.17) is 4.74 Å². The summed E-state index contributed by atoms with van der Waals surface area (Å²) < 4.78 is 6.30. The molecule has 0 aromatic heterocycles. The highest BCUT2D eigenvalue weighted by Crippen LogP contribution is 2.24. The molecule has 1 amide bonds. The Morgan fingerprint density at radius 2 is 2.16 bits per heavy atom. The molecule has 1 heterocycles. The Balaban J connectivity index is 2.09. The predicted molar refractivity (Wildman–Crippen MR) is 78.2 cm³/mol. The Morgan fingerprint density at radius 3 is 2.89 bits per heavy atom. The van der Waals surface area contributed by atoms with Crippen LogP contribution >= 0.6 is 15.9 Å². The van der Waals surface area contributed by atoms with Gasteiger partial charge in [0.15, 0.2) is 0 Å². The van der Waals surface area contributed by atoms with Gasteiger partial charge in [-0.05, 0) is 30.2 Å². The van der Waals surface area contributed by atoms with Crippen molar-refractivity contribution in [3.8, 4) is 5.75 Å². The highest BCUT2D eigenvalue weighted by molar-refractivity contribution is 9.10. The first-order valence-corrected chi connectivity index (χ1v) is 7.18. The Bertz CT molecular complexity index is 465. The van der Waals surface area contributed by atoms with Crippen molar-refractivity contribution in [1.82, 2.24) is 9.80 Å².